The van der Waals surface area contributed by atoms with E-state index >= 15 is 0 Å². The van der Waals surface area contributed by atoms with Crippen molar-refractivity contribution in [3.8, 4) is 0 Å². The van der Waals surface area contributed by atoms with Crippen LogP contribution in [0.4, 0.5) is 0 Å². The molecule has 0 aliphatic carbocycles. The number of rotatable bonds is 71. The van der Waals surface area contributed by atoms with Crippen LogP contribution in [0, 0.1) is 94.7 Å². The van der Waals surface area contributed by atoms with Crippen molar-refractivity contribution >= 4 is 0 Å². The highest BCUT2D eigenvalue weighted by molar-refractivity contribution is 4.69. The van der Waals surface area contributed by atoms with Gasteiger partial charge >= 0.3 is 0 Å². The first-order chi connectivity index (χ1) is 44.0. The third kappa shape index (κ3) is 62.0. The molecule has 0 aliphatic heterocycles. The fourth-order valence-corrected chi connectivity index (χ4v) is 14.7. The molecule has 554 valence electrons. The minimum atomic E-state index is -0.200. The van der Waals surface area contributed by atoms with Crippen LogP contribution < -0.4 is 0 Å². The van der Waals surface area contributed by atoms with Crippen LogP contribution in [0.3, 0.4) is 0 Å². The van der Waals surface area contributed by atoms with Crippen molar-refractivity contribution < 1.29 is 29.2 Å². The Kier molecular flexibility index (Phi) is 62.8. The summed E-state index contributed by atoms with van der Waals surface area (Å²) in [5.41, 5.74) is 0. The first-order valence-corrected chi connectivity index (χ1v) is 41.6. The van der Waals surface area contributed by atoms with Crippen LogP contribution in [-0.4, -0.2) is 75.3 Å². The van der Waals surface area contributed by atoms with E-state index in [1.54, 1.807) is 0 Å². The molecule has 0 heterocycles. The molecule has 0 spiro atoms. The van der Waals surface area contributed by atoms with Crippen molar-refractivity contribution in [3.63, 3.8) is 0 Å². The Labute approximate surface area is 580 Å². The van der Waals surface area contributed by atoms with Gasteiger partial charge in [-0.15, -0.1) is 0 Å². The van der Waals surface area contributed by atoms with Gasteiger partial charge < -0.3 is 29.2 Å². The summed E-state index contributed by atoms with van der Waals surface area (Å²) in [7, 11) is 0. The van der Waals surface area contributed by atoms with Gasteiger partial charge in [0.25, 0.3) is 0 Å². The van der Waals surface area contributed by atoms with Crippen molar-refractivity contribution in [1.82, 2.24) is 0 Å². The molecule has 2 N–H and O–H groups in total. The summed E-state index contributed by atoms with van der Waals surface area (Å²) in [4.78, 5) is 0. The maximum Gasteiger partial charge on any atom is 0.104 e. The Morgan fingerprint density at radius 1 is 0.185 bits per heavy atom. The Balaban J connectivity index is 3.88. The zero-order chi connectivity index (χ0) is 68.6. The molecule has 0 rings (SSSR count). The van der Waals surface area contributed by atoms with Gasteiger partial charge in [0, 0.05) is 26.4 Å². The number of hydrogen-bond acceptors (Lipinski definition) is 6. The lowest BCUT2D eigenvalue weighted by Gasteiger charge is -2.19. The summed E-state index contributed by atoms with van der Waals surface area (Å²) >= 11 is 0. The molecule has 0 aromatic carbocycles. The van der Waals surface area contributed by atoms with E-state index in [9.17, 15) is 10.2 Å². The smallest absolute Gasteiger partial charge is 0.104 e. The number of ether oxygens (including phenoxy) is 4. The molecule has 16 unspecified atom stereocenters. The van der Waals surface area contributed by atoms with Gasteiger partial charge in [-0.3, -0.25) is 0 Å². The van der Waals surface area contributed by atoms with Crippen molar-refractivity contribution in [2.75, 3.05) is 52.9 Å². The van der Waals surface area contributed by atoms with Crippen molar-refractivity contribution in [1.29, 1.82) is 0 Å². The van der Waals surface area contributed by atoms with Crippen LogP contribution in [0.25, 0.3) is 0 Å². The maximum absolute atomic E-state index is 9.95. The molecular formula is C86H174O6. The second-order valence-corrected chi connectivity index (χ2v) is 34.7. The Morgan fingerprint density at radius 2 is 0.337 bits per heavy atom. The molecule has 0 amide bonds. The fourth-order valence-electron chi connectivity index (χ4n) is 14.7. The lowest BCUT2D eigenvalue weighted by molar-refractivity contribution is -0.0471. The molecule has 6 heteroatoms. The van der Waals surface area contributed by atoms with Crippen LogP contribution >= 0.6 is 0 Å². The standard InChI is InChI=1S/C86H174O6/c1-69(2)31-19-33-71(5)35-21-37-75(9)45-27-51-81(15)57-61-89-67-86(66-88)92-64-60-84(18)54-30-48-78(12)42-24-40-74(8)44-26-50-80(14)56-55-79(13)49-25-43-73(7)39-23-41-76(10)46-28-52-82(16)58-62-90-68-85(65-87)91-63-59-83(17)53-29-47-77(11)38-22-36-72(6)34-20-32-70(3)4/h69-88H,19-68H2,1-18H3. The zero-order valence-corrected chi connectivity index (χ0v) is 66.3. The SMILES string of the molecule is CC(C)CCCC(C)CCCC(C)CCCC(C)CCOCC(CO)OCCC(C)CCCC(C)CCCC(C)CCCC(C)CCC(C)CCCC(C)CCCC(C)CCCC(C)CCOCC(CO)OCCC(C)CCCC(C)CCCC(C)CCCC(C)C. The first kappa shape index (κ1) is 91.8. The second kappa shape index (κ2) is 63.0. The average molecular weight is 1300 g/mol. The molecule has 16 atom stereocenters. The topological polar surface area (TPSA) is 77.4 Å². The normalized spacial score (nSPS) is 17.7. The van der Waals surface area contributed by atoms with E-state index in [-0.39, 0.29) is 25.4 Å². The van der Waals surface area contributed by atoms with E-state index in [0.717, 1.165) is 123 Å². The summed E-state index contributed by atoms with van der Waals surface area (Å²) in [6, 6.07) is 0. The summed E-state index contributed by atoms with van der Waals surface area (Å²) in [6.07, 6.45) is 56.1. The van der Waals surface area contributed by atoms with Crippen LogP contribution in [-0.2, 0) is 18.9 Å². The summed E-state index contributed by atoms with van der Waals surface area (Å²) < 4.78 is 24.2. The number of aliphatic hydroxyl groups is 2. The molecule has 92 heavy (non-hydrogen) atoms. The molecule has 0 aromatic rings. The van der Waals surface area contributed by atoms with Crippen molar-refractivity contribution in [3.05, 3.63) is 0 Å². The molecule has 0 radical (unpaired) electrons. The first-order valence-electron chi connectivity index (χ1n) is 41.6. The van der Waals surface area contributed by atoms with Crippen molar-refractivity contribution in [2.24, 2.45) is 94.7 Å². The van der Waals surface area contributed by atoms with E-state index in [1.807, 2.05) is 0 Å². The summed E-state index contributed by atoms with van der Waals surface area (Å²) in [6.45, 7) is 47.8. The quantitative estimate of drug-likeness (QED) is 0.0591. The van der Waals surface area contributed by atoms with Crippen LogP contribution in [0.1, 0.15) is 394 Å². The van der Waals surface area contributed by atoms with E-state index in [2.05, 4.69) is 125 Å². The second-order valence-electron chi connectivity index (χ2n) is 34.7. The number of hydrogen-bond donors (Lipinski definition) is 2. The minimum Gasteiger partial charge on any atom is -0.394 e. The van der Waals surface area contributed by atoms with Gasteiger partial charge in [-0.05, 0) is 120 Å². The van der Waals surface area contributed by atoms with Gasteiger partial charge in [0.05, 0.1) is 26.4 Å². The highest BCUT2D eigenvalue weighted by Gasteiger charge is 2.17. The van der Waals surface area contributed by atoms with Crippen LogP contribution in [0.5, 0.6) is 0 Å². The van der Waals surface area contributed by atoms with Gasteiger partial charge in [-0.25, -0.2) is 0 Å². The average Bonchev–Trinajstić information content (AvgIpc) is 3.65. The highest BCUT2D eigenvalue weighted by Crippen LogP contribution is 2.29. The molecule has 6 nitrogen and oxygen atoms in total. The highest BCUT2D eigenvalue weighted by atomic mass is 16.5. The van der Waals surface area contributed by atoms with E-state index in [0.29, 0.717) is 36.9 Å². The monoisotopic (exact) mass is 1300 g/mol. The zero-order valence-electron chi connectivity index (χ0n) is 66.3. The molecule has 0 saturated heterocycles. The van der Waals surface area contributed by atoms with Gasteiger partial charge in [0.1, 0.15) is 12.2 Å². The van der Waals surface area contributed by atoms with Gasteiger partial charge in [0.15, 0.2) is 0 Å². The Morgan fingerprint density at radius 3 is 0.511 bits per heavy atom. The summed E-state index contributed by atoms with van der Waals surface area (Å²) in [5.74, 6) is 13.0. The predicted octanol–water partition coefficient (Wildman–Crippen LogP) is 26.4. The fraction of sp³-hybridized carbons (Fsp3) is 1.00. The maximum atomic E-state index is 9.95. The van der Waals surface area contributed by atoms with Crippen molar-refractivity contribution in [2.45, 2.75) is 407 Å². The van der Waals surface area contributed by atoms with E-state index < -0.39 is 0 Å². The molecule has 0 saturated carbocycles. The molecule has 0 aliphatic rings. The third-order valence-electron chi connectivity index (χ3n) is 22.5. The van der Waals surface area contributed by atoms with Crippen LogP contribution in [0.15, 0.2) is 0 Å². The predicted molar refractivity (Wildman–Crippen MR) is 407 cm³/mol. The summed E-state index contributed by atoms with van der Waals surface area (Å²) in [5, 5.41) is 19.9. The lowest BCUT2D eigenvalue weighted by Crippen LogP contribution is -2.25. The number of aliphatic hydroxyl groups excluding tert-OH is 2. The molecular weight excluding hydrogens is 1130 g/mol. The minimum absolute atomic E-state index is 0.0414. The van der Waals surface area contributed by atoms with Gasteiger partial charge in [-0.1, -0.05) is 369 Å². The molecule has 0 bridgehead atoms. The van der Waals surface area contributed by atoms with Gasteiger partial charge in [-0.2, -0.15) is 0 Å². The molecule has 0 fully saturated rings. The lowest BCUT2D eigenvalue weighted by atomic mass is 9.88. The Bertz CT molecular complexity index is 1490. The van der Waals surface area contributed by atoms with E-state index in [4.69, 9.17) is 18.9 Å². The van der Waals surface area contributed by atoms with Crippen LogP contribution in [0.2, 0.25) is 0 Å². The largest absolute Gasteiger partial charge is 0.394 e. The third-order valence-corrected chi connectivity index (χ3v) is 22.5. The molecule has 0 aromatic heterocycles. The Hall–Kier alpha value is -0.240. The van der Waals surface area contributed by atoms with E-state index in [1.165, 1.54) is 244 Å². The van der Waals surface area contributed by atoms with Gasteiger partial charge in [0.2, 0.25) is 0 Å².